The third-order valence-electron chi connectivity index (χ3n) is 16.8. The van der Waals surface area contributed by atoms with Crippen LogP contribution in [0.25, 0.3) is 77.9 Å². The lowest BCUT2D eigenvalue weighted by Gasteiger charge is -2.37. The lowest BCUT2D eigenvalue weighted by molar-refractivity contribution is 0.775. The summed E-state index contributed by atoms with van der Waals surface area (Å²) in [5.41, 5.74) is 31.4. The molecule has 354 valence electrons. The van der Waals surface area contributed by atoms with Crippen molar-refractivity contribution < 1.29 is 0 Å². The minimum Gasteiger partial charge on any atom is -0.308 e. The van der Waals surface area contributed by atoms with Gasteiger partial charge in [-0.1, -0.05) is 231 Å². The molecular weight excluding hydrogens is 917 g/mol. The van der Waals surface area contributed by atoms with E-state index in [0.717, 1.165) is 46.1 Å². The third-order valence-corrected chi connectivity index (χ3v) is 16.8. The summed E-state index contributed by atoms with van der Waals surface area (Å²) in [6, 6.07) is 105. The highest BCUT2D eigenvalue weighted by molar-refractivity contribution is 6.09. The van der Waals surface area contributed by atoms with Gasteiger partial charge in [-0.25, -0.2) is 0 Å². The molecule has 76 heavy (non-hydrogen) atoms. The van der Waals surface area contributed by atoms with Gasteiger partial charge < -0.3 is 9.80 Å². The van der Waals surface area contributed by atoms with Gasteiger partial charge in [0.05, 0.1) is 22.5 Å². The molecule has 16 rings (SSSR count). The second kappa shape index (κ2) is 16.6. The molecule has 0 radical (unpaired) electrons. The summed E-state index contributed by atoms with van der Waals surface area (Å²) in [6.45, 7) is 0. The first-order valence-electron chi connectivity index (χ1n) is 26.5. The van der Waals surface area contributed by atoms with Crippen molar-refractivity contribution in [1.29, 1.82) is 0 Å². The summed E-state index contributed by atoms with van der Waals surface area (Å²) in [4.78, 5) is 5.03. The molecule has 4 aliphatic rings. The van der Waals surface area contributed by atoms with Gasteiger partial charge in [0, 0.05) is 28.2 Å². The van der Waals surface area contributed by atoms with Crippen molar-refractivity contribution in [3.8, 4) is 77.9 Å². The highest BCUT2D eigenvalue weighted by atomic mass is 15.2. The van der Waals surface area contributed by atoms with Gasteiger partial charge in [0.15, 0.2) is 0 Å². The molecule has 3 aliphatic carbocycles. The zero-order valence-corrected chi connectivity index (χ0v) is 41.7. The van der Waals surface area contributed by atoms with Crippen molar-refractivity contribution in [1.82, 2.24) is 0 Å². The molecule has 0 amide bonds. The normalized spacial score (nSPS) is 14.6. The number of para-hydroxylation sites is 3. The zero-order valence-electron chi connectivity index (χ0n) is 41.7. The highest BCUT2D eigenvalue weighted by Gasteiger charge is 2.51. The van der Waals surface area contributed by atoms with Gasteiger partial charge in [-0.2, -0.15) is 0 Å². The number of anilines is 6. The first-order valence-corrected chi connectivity index (χ1v) is 26.5. The highest BCUT2D eigenvalue weighted by Crippen LogP contribution is 2.65. The number of fused-ring (bicyclic) bond motifs is 21. The van der Waals surface area contributed by atoms with Crippen molar-refractivity contribution in [3.63, 3.8) is 0 Å². The van der Waals surface area contributed by atoms with Crippen LogP contribution in [0.1, 0.15) is 33.4 Å². The van der Waals surface area contributed by atoms with Crippen molar-refractivity contribution in [3.05, 3.63) is 312 Å². The molecule has 12 aromatic carbocycles. The van der Waals surface area contributed by atoms with E-state index in [4.69, 9.17) is 0 Å². The number of rotatable bonds is 5. The monoisotopic (exact) mass is 964 g/mol. The Labute approximate surface area is 443 Å². The molecule has 0 aromatic heterocycles. The second-order valence-corrected chi connectivity index (χ2v) is 20.6. The van der Waals surface area contributed by atoms with Crippen LogP contribution in [0.3, 0.4) is 0 Å². The van der Waals surface area contributed by atoms with E-state index in [1.54, 1.807) is 0 Å². The van der Waals surface area contributed by atoms with Crippen LogP contribution in [0.5, 0.6) is 0 Å². The Morgan fingerprint density at radius 2 is 0.829 bits per heavy atom. The van der Waals surface area contributed by atoms with E-state index >= 15 is 0 Å². The first-order chi connectivity index (χ1) is 37.7. The van der Waals surface area contributed by atoms with E-state index in [9.17, 15) is 0 Å². The molecule has 0 saturated heterocycles. The smallest absolute Gasteiger partial charge is 0.0781 e. The van der Waals surface area contributed by atoms with Crippen LogP contribution < -0.4 is 9.80 Å². The predicted molar refractivity (Wildman–Crippen MR) is 316 cm³/mol. The maximum absolute atomic E-state index is 2.53. The molecule has 12 aromatic rings. The number of hydrogen-bond donors (Lipinski definition) is 0. The average Bonchev–Trinajstić information content (AvgIpc) is 4.18. The molecule has 0 N–H and O–H groups in total. The van der Waals surface area contributed by atoms with Crippen LogP contribution in [0.4, 0.5) is 34.1 Å². The fourth-order valence-electron chi connectivity index (χ4n) is 13.8. The van der Waals surface area contributed by atoms with Crippen molar-refractivity contribution in [2.45, 2.75) is 11.8 Å². The Morgan fingerprint density at radius 1 is 0.303 bits per heavy atom. The second-order valence-electron chi connectivity index (χ2n) is 20.6. The number of nitrogens with zero attached hydrogens (tertiary/aromatic N) is 2. The molecule has 1 atom stereocenters. The fraction of sp³-hybridized carbons (Fsp3) is 0.0270. The maximum atomic E-state index is 2.53. The van der Waals surface area contributed by atoms with Gasteiger partial charge in [0.25, 0.3) is 0 Å². The van der Waals surface area contributed by atoms with Crippen LogP contribution in [-0.4, -0.2) is 0 Å². The summed E-state index contributed by atoms with van der Waals surface area (Å²) in [5.74, 6) is 0. The minimum atomic E-state index is -0.638. The Bertz CT molecular complexity index is 4340. The number of hydrogen-bond acceptors (Lipinski definition) is 2. The van der Waals surface area contributed by atoms with Gasteiger partial charge in [-0.3, -0.25) is 0 Å². The van der Waals surface area contributed by atoms with Crippen LogP contribution in [0.15, 0.2) is 279 Å². The Morgan fingerprint density at radius 3 is 1.61 bits per heavy atom. The van der Waals surface area contributed by atoms with E-state index in [2.05, 4.69) is 289 Å². The van der Waals surface area contributed by atoms with E-state index in [-0.39, 0.29) is 0 Å². The summed E-state index contributed by atoms with van der Waals surface area (Å²) in [6.07, 6.45) is 0.944. The van der Waals surface area contributed by atoms with Crippen LogP contribution in [0, 0.1) is 0 Å². The molecule has 1 heterocycles. The van der Waals surface area contributed by atoms with E-state index in [1.807, 2.05) is 0 Å². The van der Waals surface area contributed by atoms with E-state index in [0.29, 0.717) is 0 Å². The van der Waals surface area contributed by atoms with Gasteiger partial charge >= 0.3 is 0 Å². The quantitative estimate of drug-likeness (QED) is 0.170. The summed E-state index contributed by atoms with van der Waals surface area (Å²) < 4.78 is 0. The summed E-state index contributed by atoms with van der Waals surface area (Å²) in [5, 5.41) is 0. The zero-order chi connectivity index (χ0) is 49.9. The van der Waals surface area contributed by atoms with Gasteiger partial charge in [0.1, 0.15) is 0 Å². The Balaban J connectivity index is 1.02. The van der Waals surface area contributed by atoms with Crippen LogP contribution in [0.2, 0.25) is 0 Å². The van der Waals surface area contributed by atoms with Crippen molar-refractivity contribution in [2.75, 3.05) is 9.80 Å². The summed E-state index contributed by atoms with van der Waals surface area (Å²) >= 11 is 0. The molecule has 1 spiro atoms. The standard InChI is InChI=1S/C74H48N2/c1-3-21-48(22-4-1)49-24-19-27-53(46-49)75(70-40-20-36-62-58-31-11-10-30-57(58)61-34-15-18-39-69(61)76(73(62)70)52-25-5-2-6-26-52)54-42-44-67-64(47-54)59-32-12-9-29-56(59)60-33-13-16-37-65(60)74(67)66-38-17-14-35-63(66)72-68(74)43-41-51-45-50-23-7-8-28-55(50)71(51)72/h1-44,46-47H,45H2. The molecule has 1 unspecified atom stereocenters. The van der Waals surface area contributed by atoms with Gasteiger partial charge in [0.2, 0.25) is 0 Å². The van der Waals surface area contributed by atoms with E-state index in [1.165, 1.54) is 106 Å². The molecular formula is C74H48N2. The molecule has 2 heteroatoms. The molecule has 0 fully saturated rings. The van der Waals surface area contributed by atoms with Crippen molar-refractivity contribution >= 4 is 34.1 Å². The molecule has 2 nitrogen and oxygen atoms in total. The lowest BCUT2D eigenvalue weighted by Crippen LogP contribution is -2.29. The lowest BCUT2D eigenvalue weighted by atomic mass is 9.65. The average molecular weight is 965 g/mol. The molecule has 1 aliphatic heterocycles. The summed E-state index contributed by atoms with van der Waals surface area (Å²) in [7, 11) is 0. The Hall–Kier alpha value is -9.76. The minimum absolute atomic E-state index is 0.638. The molecule has 0 bridgehead atoms. The SMILES string of the molecule is c1ccc(-c2cccc(N(c3ccc4c(c3)-c3ccccc3-c3ccccc3C43c4ccccc4-c4c3ccc3c4-c4ccccc4C3)c3cccc4c3N(c3ccccc3)c3ccccc3-c3ccccc3-4)c2)cc1. The maximum Gasteiger partial charge on any atom is 0.0781 e. The van der Waals surface area contributed by atoms with Crippen LogP contribution in [-0.2, 0) is 11.8 Å². The Kier molecular flexibility index (Phi) is 9.35. The first kappa shape index (κ1) is 42.7. The predicted octanol–water partition coefficient (Wildman–Crippen LogP) is 19.5. The third kappa shape index (κ3) is 6.04. The van der Waals surface area contributed by atoms with Gasteiger partial charge in [-0.15, -0.1) is 0 Å². The topological polar surface area (TPSA) is 6.48 Å². The fourth-order valence-corrected chi connectivity index (χ4v) is 13.8. The molecule has 0 saturated carbocycles. The van der Waals surface area contributed by atoms with E-state index < -0.39 is 5.41 Å². The van der Waals surface area contributed by atoms with Crippen LogP contribution >= 0.6 is 0 Å². The largest absolute Gasteiger partial charge is 0.308 e. The van der Waals surface area contributed by atoms with Crippen molar-refractivity contribution in [2.24, 2.45) is 0 Å². The van der Waals surface area contributed by atoms with Gasteiger partial charge in [-0.05, 0) is 155 Å². The number of benzene rings is 12.